The molecule has 1 aromatic heterocycles. The lowest BCUT2D eigenvalue weighted by Crippen LogP contribution is -2.28. The van der Waals surface area contributed by atoms with E-state index in [-0.39, 0.29) is 0 Å². The third-order valence-corrected chi connectivity index (χ3v) is 2.52. The van der Waals surface area contributed by atoms with E-state index in [4.69, 9.17) is 0 Å². The number of hydrogen-bond donors (Lipinski definition) is 1. The maximum Gasteiger partial charge on any atom is 0.0931 e. The van der Waals surface area contributed by atoms with Crippen LogP contribution in [0, 0.1) is 0 Å². The van der Waals surface area contributed by atoms with Crippen molar-refractivity contribution >= 4 is 5.69 Å². The van der Waals surface area contributed by atoms with Crippen LogP contribution in [0.1, 0.15) is 18.7 Å². The summed E-state index contributed by atoms with van der Waals surface area (Å²) < 4.78 is 0. The number of pyridine rings is 1. The zero-order chi connectivity index (χ0) is 12.1. The van der Waals surface area contributed by atoms with Crippen LogP contribution in [-0.2, 0) is 0 Å². The van der Waals surface area contributed by atoms with Crippen molar-refractivity contribution < 1.29 is 5.11 Å². The van der Waals surface area contributed by atoms with E-state index in [0.29, 0.717) is 5.69 Å². The molecule has 0 bridgehead atoms. The van der Waals surface area contributed by atoms with Crippen LogP contribution >= 0.6 is 0 Å². The first-order valence-electron chi connectivity index (χ1n) is 5.50. The van der Waals surface area contributed by atoms with Crippen molar-refractivity contribution in [3.05, 3.63) is 24.0 Å². The summed E-state index contributed by atoms with van der Waals surface area (Å²) in [4.78, 5) is 8.52. The number of likely N-dealkylation sites (N-methyl/N-ethyl adjacent to an activating group) is 2. The molecule has 90 valence electrons. The summed E-state index contributed by atoms with van der Waals surface area (Å²) in [5.41, 5.74) is 1.79. The van der Waals surface area contributed by atoms with Gasteiger partial charge in [-0.2, -0.15) is 0 Å². The lowest BCUT2D eigenvalue weighted by atomic mass is 10.2. The van der Waals surface area contributed by atoms with Crippen LogP contribution in [0.3, 0.4) is 0 Å². The first kappa shape index (κ1) is 12.9. The van der Waals surface area contributed by atoms with Crippen LogP contribution < -0.4 is 4.90 Å². The van der Waals surface area contributed by atoms with E-state index in [9.17, 15) is 5.11 Å². The topological polar surface area (TPSA) is 39.6 Å². The van der Waals surface area contributed by atoms with Crippen LogP contribution in [-0.4, -0.2) is 49.2 Å². The molecule has 0 aliphatic carbocycles. The maximum absolute atomic E-state index is 9.35. The molecular weight excluding hydrogens is 202 g/mol. The molecule has 1 atom stereocenters. The number of anilines is 1. The van der Waals surface area contributed by atoms with Gasteiger partial charge in [-0.15, -0.1) is 0 Å². The van der Waals surface area contributed by atoms with Crippen LogP contribution in [0.5, 0.6) is 0 Å². The van der Waals surface area contributed by atoms with Crippen molar-refractivity contribution in [2.24, 2.45) is 0 Å². The summed E-state index contributed by atoms with van der Waals surface area (Å²) in [5.74, 6) is 0. The summed E-state index contributed by atoms with van der Waals surface area (Å²) >= 11 is 0. The third-order valence-electron chi connectivity index (χ3n) is 2.52. The predicted molar refractivity (Wildman–Crippen MR) is 66.7 cm³/mol. The molecule has 1 unspecified atom stereocenters. The second-order valence-electron chi connectivity index (χ2n) is 4.34. The predicted octanol–water partition coefficient (Wildman–Crippen LogP) is 1.13. The van der Waals surface area contributed by atoms with Gasteiger partial charge in [0, 0.05) is 20.1 Å². The van der Waals surface area contributed by atoms with Gasteiger partial charge in [0.2, 0.25) is 0 Å². The molecule has 1 heterocycles. The van der Waals surface area contributed by atoms with Crippen molar-refractivity contribution in [1.29, 1.82) is 0 Å². The third kappa shape index (κ3) is 3.79. The highest BCUT2D eigenvalue weighted by Gasteiger charge is 2.05. The Hall–Kier alpha value is -1.13. The average Bonchev–Trinajstić information content (AvgIpc) is 2.26. The second-order valence-corrected chi connectivity index (χ2v) is 4.34. The van der Waals surface area contributed by atoms with Crippen LogP contribution in [0.2, 0.25) is 0 Å². The fourth-order valence-corrected chi connectivity index (χ4v) is 1.35. The monoisotopic (exact) mass is 223 g/mol. The number of hydrogen-bond acceptors (Lipinski definition) is 4. The van der Waals surface area contributed by atoms with E-state index in [1.165, 1.54) is 0 Å². The number of rotatable bonds is 5. The molecule has 4 nitrogen and oxygen atoms in total. The molecule has 4 heteroatoms. The Bertz CT molecular complexity index is 309. The Morgan fingerprint density at radius 1 is 1.25 bits per heavy atom. The first-order chi connectivity index (χ1) is 7.50. The zero-order valence-electron chi connectivity index (χ0n) is 10.5. The van der Waals surface area contributed by atoms with Crippen molar-refractivity contribution in [3.8, 4) is 0 Å². The molecule has 0 aromatic carbocycles. The van der Waals surface area contributed by atoms with E-state index < -0.39 is 6.10 Å². The molecule has 1 N–H and O–H groups in total. The van der Waals surface area contributed by atoms with Gasteiger partial charge in [-0.3, -0.25) is 4.98 Å². The van der Waals surface area contributed by atoms with Gasteiger partial charge < -0.3 is 14.9 Å². The zero-order valence-corrected chi connectivity index (χ0v) is 10.5. The molecule has 0 spiro atoms. The van der Waals surface area contributed by atoms with Gasteiger partial charge >= 0.3 is 0 Å². The molecule has 1 aromatic rings. The maximum atomic E-state index is 9.35. The first-order valence-corrected chi connectivity index (χ1v) is 5.50. The van der Waals surface area contributed by atoms with Crippen molar-refractivity contribution in [1.82, 2.24) is 9.88 Å². The lowest BCUT2D eigenvalue weighted by Gasteiger charge is -2.21. The van der Waals surface area contributed by atoms with Crippen LogP contribution in [0.25, 0.3) is 0 Å². The van der Waals surface area contributed by atoms with Gasteiger partial charge in [-0.1, -0.05) is 0 Å². The highest BCUT2D eigenvalue weighted by molar-refractivity contribution is 5.43. The Kier molecular flexibility index (Phi) is 4.71. The SMILES string of the molecule is CC(O)c1ccc(N(C)CCN(C)C)cn1. The van der Waals surface area contributed by atoms with Gasteiger partial charge in [-0.25, -0.2) is 0 Å². The summed E-state index contributed by atoms with van der Waals surface area (Å²) in [6.45, 7) is 3.69. The van der Waals surface area contributed by atoms with E-state index in [0.717, 1.165) is 18.8 Å². The molecule has 16 heavy (non-hydrogen) atoms. The van der Waals surface area contributed by atoms with E-state index >= 15 is 0 Å². The molecule has 0 aliphatic heterocycles. The summed E-state index contributed by atoms with van der Waals surface area (Å²) in [6, 6.07) is 3.86. The smallest absolute Gasteiger partial charge is 0.0931 e. The molecule has 1 rings (SSSR count). The van der Waals surface area contributed by atoms with Gasteiger partial charge in [0.25, 0.3) is 0 Å². The Morgan fingerprint density at radius 3 is 2.38 bits per heavy atom. The van der Waals surface area contributed by atoms with Crippen LogP contribution in [0.4, 0.5) is 5.69 Å². The van der Waals surface area contributed by atoms with Crippen LogP contribution in [0.15, 0.2) is 18.3 Å². The quantitative estimate of drug-likeness (QED) is 0.812. The number of nitrogens with zero attached hydrogens (tertiary/aromatic N) is 3. The number of aromatic nitrogens is 1. The normalized spacial score (nSPS) is 12.9. The highest BCUT2D eigenvalue weighted by Crippen LogP contribution is 2.14. The Morgan fingerprint density at radius 2 is 1.94 bits per heavy atom. The molecular formula is C12H21N3O. The van der Waals surface area contributed by atoms with Crippen molar-refractivity contribution in [2.75, 3.05) is 39.1 Å². The molecule has 0 amide bonds. The van der Waals surface area contributed by atoms with Crippen molar-refractivity contribution in [2.45, 2.75) is 13.0 Å². The van der Waals surface area contributed by atoms with Gasteiger partial charge in [-0.05, 0) is 33.2 Å². The standard InChI is InChI=1S/C12H21N3O/c1-10(16)12-6-5-11(9-13-12)15(4)8-7-14(2)3/h5-6,9-10,16H,7-8H2,1-4H3. The average molecular weight is 223 g/mol. The van der Waals surface area contributed by atoms with Gasteiger partial charge in [0.1, 0.15) is 0 Å². The van der Waals surface area contributed by atoms with Crippen molar-refractivity contribution in [3.63, 3.8) is 0 Å². The molecule has 0 aliphatic rings. The molecule has 0 radical (unpaired) electrons. The number of aliphatic hydroxyl groups excluding tert-OH is 1. The van der Waals surface area contributed by atoms with Gasteiger partial charge in [0.05, 0.1) is 23.7 Å². The summed E-state index contributed by atoms with van der Waals surface area (Å²) in [6.07, 6.45) is 1.30. The summed E-state index contributed by atoms with van der Waals surface area (Å²) in [5, 5.41) is 9.35. The molecule has 0 saturated carbocycles. The number of aliphatic hydroxyl groups is 1. The molecule has 0 fully saturated rings. The minimum Gasteiger partial charge on any atom is -0.387 e. The fraction of sp³-hybridized carbons (Fsp3) is 0.583. The minimum atomic E-state index is -0.499. The lowest BCUT2D eigenvalue weighted by molar-refractivity contribution is 0.194. The van der Waals surface area contributed by atoms with Gasteiger partial charge in [0.15, 0.2) is 0 Å². The summed E-state index contributed by atoms with van der Waals surface area (Å²) in [7, 11) is 6.16. The van der Waals surface area contributed by atoms with E-state index in [2.05, 4.69) is 28.9 Å². The largest absolute Gasteiger partial charge is 0.387 e. The second kappa shape index (κ2) is 5.82. The van der Waals surface area contributed by atoms with E-state index in [1.807, 2.05) is 19.2 Å². The van der Waals surface area contributed by atoms with E-state index in [1.54, 1.807) is 13.1 Å². The molecule has 0 saturated heterocycles. The Balaban J connectivity index is 2.59. The Labute approximate surface area is 97.5 Å². The minimum absolute atomic E-state index is 0.499. The fourth-order valence-electron chi connectivity index (χ4n) is 1.35. The highest BCUT2D eigenvalue weighted by atomic mass is 16.3.